The summed E-state index contributed by atoms with van der Waals surface area (Å²) in [4.78, 5) is 43.3. The monoisotopic (exact) mass is 691 g/mol. The second-order valence-corrected chi connectivity index (χ2v) is 18.7. The molecule has 0 saturated carbocycles. The smallest absolute Gasteiger partial charge is 0.269 e. The number of methoxy groups -OCH3 is 1. The van der Waals surface area contributed by atoms with Crippen molar-refractivity contribution >= 4 is 47.8 Å². The molecule has 3 aliphatic heterocycles. The zero-order valence-electron chi connectivity index (χ0n) is 28.7. The fraction of sp³-hybridized carbons (Fsp3) is 0.333. The van der Waals surface area contributed by atoms with Gasteiger partial charge in [-0.25, -0.2) is 0 Å². The number of hydrogen-bond donors (Lipinski definition) is 1. The third-order valence-corrected chi connectivity index (χ3v) is 15.4. The van der Waals surface area contributed by atoms with Crippen LogP contribution in [0.25, 0.3) is 0 Å². The molecule has 0 aromatic heterocycles. The van der Waals surface area contributed by atoms with Crippen LogP contribution in [-0.4, -0.2) is 49.7 Å². The number of hydrogen-bond acceptors (Lipinski definition) is 7. The number of nitro groups is 1. The van der Waals surface area contributed by atoms with Gasteiger partial charge in [-0.15, -0.1) is 0 Å². The highest BCUT2D eigenvalue weighted by Gasteiger charge is 2.66. The van der Waals surface area contributed by atoms with Crippen molar-refractivity contribution in [2.45, 2.75) is 63.1 Å². The summed E-state index contributed by atoms with van der Waals surface area (Å²) in [5.74, 6) is 0.107. The Kier molecular flexibility index (Phi) is 8.61. The van der Waals surface area contributed by atoms with Crippen LogP contribution in [0.5, 0.6) is 5.75 Å². The summed E-state index contributed by atoms with van der Waals surface area (Å²) in [6.07, 6.45) is 0.965. The molecule has 258 valence electrons. The van der Waals surface area contributed by atoms with Gasteiger partial charge in [0.2, 0.25) is 5.91 Å². The molecule has 4 aromatic rings. The van der Waals surface area contributed by atoms with Crippen molar-refractivity contribution in [3.8, 4) is 5.75 Å². The van der Waals surface area contributed by atoms with E-state index in [1.165, 1.54) is 12.1 Å². The van der Waals surface area contributed by atoms with Gasteiger partial charge in [0.05, 0.1) is 44.1 Å². The average Bonchev–Trinajstić information content (AvgIpc) is 3.54. The molecule has 1 spiro atoms. The molecular weight excluding hydrogens is 651 g/mol. The predicted molar refractivity (Wildman–Crippen MR) is 194 cm³/mol. The highest BCUT2D eigenvalue weighted by molar-refractivity contribution is 6.91. The standard InChI is InChI=1S/C39H41N3O7Si/c1-25-37(50(3,4)31-16-14-30(48-2)15-17-31)35(20-21-43)49-39(25)32-23-29(42(46)47)13-18-34(32)40(38(39)45)24-26-8-7-10-28(22-26)41-33-11-6-5-9-27(33)12-19-36(41)44/h5-11,13-18,22-23,25,35,37,43H,12,19-21,24H2,1-4H3/t25-,35+,37-,39+/m0/s1. The molecule has 11 heteroatoms. The minimum Gasteiger partial charge on any atom is -0.497 e. The molecular formula is C39H41N3O7Si. The number of para-hydroxylation sites is 1. The maximum atomic E-state index is 15.0. The van der Waals surface area contributed by atoms with E-state index in [1.54, 1.807) is 23.0 Å². The Balaban J connectivity index is 1.29. The second kappa shape index (κ2) is 12.8. The van der Waals surface area contributed by atoms with E-state index in [4.69, 9.17) is 9.47 Å². The third-order valence-electron chi connectivity index (χ3n) is 11.0. The van der Waals surface area contributed by atoms with E-state index >= 15 is 4.79 Å². The van der Waals surface area contributed by atoms with Crippen LogP contribution < -0.4 is 19.7 Å². The lowest BCUT2D eigenvalue weighted by atomic mass is 9.82. The van der Waals surface area contributed by atoms with Gasteiger partial charge in [-0.05, 0) is 65.9 Å². The minimum absolute atomic E-state index is 0.00694. The summed E-state index contributed by atoms with van der Waals surface area (Å²) in [6.45, 7) is 6.57. The van der Waals surface area contributed by atoms with Crippen LogP contribution in [0.2, 0.25) is 18.6 Å². The fourth-order valence-corrected chi connectivity index (χ4v) is 12.7. The Labute approximate surface area is 292 Å². The summed E-state index contributed by atoms with van der Waals surface area (Å²) >= 11 is 0. The number of ether oxygens (including phenoxy) is 2. The molecule has 1 saturated heterocycles. The SMILES string of the molecule is COc1ccc([Si](C)(C)[C@@H]2[C@@H](CCO)O[C@]3(C(=O)N(Cc4cccc(N5C(=O)CCc6ccccc65)c4)c4ccc([N+](=O)[O-])cc43)[C@H]2C)cc1. The number of aryl methyl sites for hydroxylation is 1. The normalized spacial score (nSPS) is 22.9. The molecule has 2 amide bonds. The molecule has 3 heterocycles. The van der Waals surface area contributed by atoms with Crippen LogP contribution >= 0.6 is 0 Å². The maximum Gasteiger partial charge on any atom is 0.269 e. The zero-order valence-corrected chi connectivity index (χ0v) is 29.7. The van der Waals surface area contributed by atoms with Crippen molar-refractivity contribution < 1.29 is 29.1 Å². The molecule has 1 fully saturated rings. The number of aliphatic hydroxyl groups is 1. The van der Waals surface area contributed by atoms with Crippen molar-refractivity contribution in [3.63, 3.8) is 0 Å². The van der Waals surface area contributed by atoms with Crippen molar-refractivity contribution in [2.24, 2.45) is 5.92 Å². The topological polar surface area (TPSA) is 122 Å². The molecule has 0 bridgehead atoms. The number of benzene rings is 4. The number of fused-ring (bicyclic) bond motifs is 3. The summed E-state index contributed by atoms with van der Waals surface area (Å²) < 4.78 is 12.3. The fourth-order valence-electron chi connectivity index (χ4n) is 8.66. The Morgan fingerprint density at radius 2 is 1.74 bits per heavy atom. The Morgan fingerprint density at radius 1 is 0.980 bits per heavy atom. The molecule has 4 aromatic carbocycles. The number of carbonyl (C=O) groups excluding carboxylic acids is 2. The van der Waals surface area contributed by atoms with E-state index in [-0.39, 0.29) is 42.1 Å². The zero-order chi connectivity index (χ0) is 35.4. The van der Waals surface area contributed by atoms with E-state index in [2.05, 4.69) is 25.2 Å². The van der Waals surface area contributed by atoms with Crippen LogP contribution in [0.1, 0.15) is 36.5 Å². The first-order valence-corrected chi connectivity index (χ1v) is 20.1. The number of aliphatic hydroxyl groups excluding tert-OH is 1. The quantitative estimate of drug-likeness (QED) is 0.123. The number of carbonyl (C=O) groups is 2. The van der Waals surface area contributed by atoms with Crippen molar-refractivity contribution in [2.75, 3.05) is 23.5 Å². The van der Waals surface area contributed by atoms with Crippen LogP contribution in [0.4, 0.5) is 22.7 Å². The van der Waals surface area contributed by atoms with Gasteiger partial charge >= 0.3 is 0 Å². The van der Waals surface area contributed by atoms with E-state index < -0.39 is 24.7 Å². The van der Waals surface area contributed by atoms with Crippen molar-refractivity contribution in [1.29, 1.82) is 0 Å². The summed E-state index contributed by atoms with van der Waals surface area (Å²) in [5.41, 5.74) is 2.80. The van der Waals surface area contributed by atoms with Gasteiger partial charge in [-0.2, -0.15) is 0 Å². The highest BCUT2D eigenvalue weighted by Crippen LogP contribution is 2.60. The lowest BCUT2D eigenvalue weighted by molar-refractivity contribution is -0.385. The molecule has 7 rings (SSSR count). The number of anilines is 3. The molecule has 50 heavy (non-hydrogen) atoms. The molecule has 0 aliphatic carbocycles. The van der Waals surface area contributed by atoms with Crippen LogP contribution in [0, 0.1) is 16.0 Å². The molecule has 10 nitrogen and oxygen atoms in total. The Bertz CT molecular complexity index is 1980. The lowest BCUT2D eigenvalue weighted by Gasteiger charge is -2.37. The summed E-state index contributed by atoms with van der Waals surface area (Å²) in [6, 6.07) is 28.1. The summed E-state index contributed by atoms with van der Waals surface area (Å²) in [7, 11) is -0.790. The predicted octanol–water partition coefficient (Wildman–Crippen LogP) is 6.36. The maximum absolute atomic E-state index is 15.0. The van der Waals surface area contributed by atoms with Crippen molar-refractivity contribution in [3.05, 3.63) is 118 Å². The molecule has 1 N–H and O–H groups in total. The first-order valence-electron chi connectivity index (χ1n) is 17.0. The number of amides is 2. The third kappa shape index (κ3) is 5.31. The lowest BCUT2D eigenvalue weighted by Crippen LogP contribution is -2.51. The van der Waals surface area contributed by atoms with Gasteiger partial charge in [0.25, 0.3) is 11.6 Å². The number of nitrogens with zero attached hydrogens (tertiary/aromatic N) is 3. The molecule has 0 radical (unpaired) electrons. The van der Waals surface area contributed by atoms with Crippen LogP contribution in [0.15, 0.2) is 91.0 Å². The van der Waals surface area contributed by atoms with Gasteiger partial charge < -0.3 is 19.5 Å². The largest absolute Gasteiger partial charge is 0.497 e. The van der Waals surface area contributed by atoms with E-state index in [0.29, 0.717) is 36.2 Å². The van der Waals surface area contributed by atoms with Crippen LogP contribution in [-0.2, 0) is 32.9 Å². The number of nitro benzene ring substituents is 1. The van der Waals surface area contributed by atoms with Gasteiger partial charge in [0.15, 0.2) is 5.60 Å². The number of rotatable bonds is 9. The minimum atomic E-state index is -2.42. The molecule has 0 unspecified atom stereocenters. The van der Waals surface area contributed by atoms with Crippen LogP contribution in [0.3, 0.4) is 0 Å². The van der Waals surface area contributed by atoms with E-state index in [1.807, 2.05) is 67.6 Å². The first kappa shape index (κ1) is 33.6. The molecule has 3 aliphatic rings. The van der Waals surface area contributed by atoms with E-state index in [0.717, 1.165) is 27.8 Å². The van der Waals surface area contributed by atoms with E-state index in [9.17, 15) is 20.0 Å². The second-order valence-electron chi connectivity index (χ2n) is 14.0. The average molecular weight is 692 g/mol. The van der Waals surface area contributed by atoms with Gasteiger partial charge in [0.1, 0.15) is 5.75 Å². The molecule has 4 atom stereocenters. The first-order chi connectivity index (χ1) is 24.0. The van der Waals surface area contributed by atoms with Gasteiger partial charge in [-0.3, -0.25) is 24.6 Å². The van der Waals surface area contributed by atoms with Gasteiger partial charge in [0, 0.05) is 42.3 Å². The van der Waals surface area contributed by atoms with Gasteiger partial charge in [-0.1, -0.05) is 67.7 Å². The Morgan fingerprint density at radius 3 is 2.46 bits per heavy atom. The summed E-state index contributed by atoms with van der Waals surface area (Å²) in [5, 5.41) is 23.4. The van der Waals surface area contributed by atoms with Crippen molar-refractivity contribution in [1.82, 2.24) is 0 Å². The Hall–Kier alpha value is -4.84. The highest BCUT2D eigenvalue weighted by atomic mass is 28.3. The number of non-ortho nitro benzene ring substituents is 1.